The zero-order valence-corrected chi connectivity index (χ0v) is 20.6. The number of anilines is 1. The van der Waals surface area contributed by atoms with Crippen LogP contribution in [0.15, 0.2) is 59.0 Å². The number of hydrogen-bond donors (Lipinski definition) is 3. The molecule has 0 radical (unpaired) electrons. The summed E-state index contributed by atoms with van der Waals surface area (Å²) in [6.45, 7) is 7.46. The zero-order chi connectivity index (χ0) is 26.0. The molecular weight excluding hydrogens is 477 g/mol. The number of H-pyrrole nitrogens is 1. The first-order valence-electron chi connectivity index (χ1n) is 12.1. The van der Waals surface area contributed by atoms with E-state index < -0.39 is 17.3 Å². The van der Waals surface area contributed by atoms with Crippen LogP contribution in [0.4, 0.5) is 10.2 Å². The predicted molar refractivity (Wildman–Crippen MR) is 136 cm³/mol. The summed E-state index contributed by atoms with van der Waals surface area (Å²) in [5.41, 5.74) is 1.65. The first-order valence-corrected chi connectivity index (χ1v) is 12.1. The van der Waals surface area contributed by atoms with Crippen molar-refractivity contribution in [3.8, 4) is 0 Å². The molecule has 10 heteroatoms. The Morgan fingerprint density at radius 3 is 2.54 bits per heavy atom. The molecule has 1 aliphatic heterocycles. The number of furan rings is 1. The van der Waals surface area contributed by atoms with E-state index in [4.69, 9.17) is 9.15 Å². The number of aromatic nitrogens is 2. The van der Waals surface area contributed by atoms with Crippen LogP contribution < -0.4 is 10.6 Å². The topological polar surface area (TPSA) is 112 Å². The Balaban J connectivity index is 1.26. The molecule has 0 unspecified atom stereocenters. The second kappa shape index (κ2) is 10.2. The maximum atomic E-state index is 14.3. The third-order valence-electron chi connectivity index (χ3n) is 6.39. The summed E-state index contributed by atoms with van der Waals surface area (Å²) in [6, 6.07) is 15.1. The number of morpholine rings is 1. The zero-order valence-electron chi connectivity index (χ0n) is 20.6. The quantitative estimate of drug-likeness (QED) is 0.349. The van der Waals surface area contributed by atoms with Gasteiger partial charge in [0.15, 0.2) is 17.2 Å². The molecule has 0 saturated carbocycles. The first-order chi connectivity index (χ1) is 17.8. The largest absolute Gasteiger partial charge is 0.445 e. The second-order valence-electron chi connectivity index (χ2n) is 9.52. The van der Waals surface area contributed by atoms with Gasteiger partial charge in [-0.15, -0.1) is 0 Å². The van der Waals surface area contributed by atoms with Crippen molar-refractivity contribution >= 4 is 28.7 Å². The molecule has 2 aromatic heterocycles. The van der Waals surface area contributed by atoms with Crippen molar-refractivity contribution in [1.82, 2.24) is 20.4 Å². The number of fused-ring (bicyclic) bond motifs is 1. The predicted octanol–water partition coefficient (Wildman–Crippen LogP) is 4.04. The molecule has 0 atom stereocenters. The van der Waals surface area contributed by atoms with Crippen molar-refractivity contribution < 1.29 is 23.1 Å². The lowest BCUT2D eigenvalue weighted by molar-refractivity contribution is 0.0342. The average Bonchev–Trinajstić information content (AvgIpc) is 3.47. The van der Waals surface area contributed by atoms with E-state index in [9.17, 15) is 14.0 Å². The molecule has 4 aromatic rings. The number of hydrogen-bond acceptors (Lipinski definition) is 6. The van der Waals surface area contributed by atoms with E-state index in [1.54, 1.807) is 44.2 Å². The molecule has 1 aliphatic rings. The Bertz CT molecular complexity index is 1420. The highest BCUT2D eigenvalue weighted by Crippen LogP contribution is 2.27. The standard InChI is InChI=1S/C27H28FN5O4/c1-27(2,19-5-3-4-6-20(19)28)30-26(35)22-15-21-23(37-22)24(32-31-21)29-25(34)18-9-7-17(8-10-18)16-33-11-13-36-14-12-33/h3-10,15H,11-14,16H2,1-2H3,(H,30,35)(H2,29,31,32,34). The van der Waals surface area contributed by atoms with E-state index in [2.05, 4.69) is 25.7 Å². The molecule has 37 heavy (non-hydrogen) atoms. The van der Waals surface area contributed by atoms with Gasteiger partial charge in [0.2, 0.25) is 0 Å². The minimum atomic E-state index is -0.980. The molecule has 0 bridgehead atoms. The molecule has 192 valence electrons. The van der Waals surface area contributed by atoms with Gasteiger partial charge in [0.05, 0.1) is 18.8 Å². The van der Waals surface area contributed by atoms with Crippen LogP contribution in [0.3, 0.4) is 0 Å². The monoisotopic (exact) mass is 505 g/mol. The Morgan fingerprint density at radius 1 is 1.08 bits per heavy atom. The molecule has 9 nitrogen and oxygen atoms in total. The van der Waals surface area contributed by atoms with Gasteiger partial charge >= 0.3 is 0 Å². The Kier molecular flexibility index (Phi) is 6.77. The van der Waals surface area contributed by atoms with Gasteiger partial charge in [0.1, 0.15) is 11.3 Å². The molecule has 0 aliphatic carbocycles. The van der Waals surface area contributed by atoms with Crippen molar-refractivity contribution in [3.05, 3.63) is 82.9 Å². The maximum absolute atomic E-state index is 14.3. The number of rotatable bonds is 7. The lowest BCUT2D eigenvalue weighted by Gasteiger charge is -2.26. The second-order valence-corrected chi connectivity index (χ2v) is 9.52. The molecular formula is C27H28FN5O4. The normalized spacial score (nSPS) is 14.6. The molecule has 3 N–H and O–H groups in total. The fraction of sp³-hybridized carbons (Fsp3) is 0.296. The van der Waals surface area contributed by atoms with Gasteiger partial charge in [0, 0.05) is 36.8 Å². The number of nitrogens with zero attached hydrogens (tertiary/aromatic N) is 2. The van der Waals surface area contributed by atoms with Crippen LogP contribution in [-0.4, -0.2) is 53.2 Å². The van der Waals surface area contributed by atoms with Crippen molar-refractivity contribution in [2.75, 3.05) is 31.6 Å². The summed E-state index contributed by atoms with van der Waals surface area (Å²) in [5.74, 6) is -1.11. The minimum absolute atomic E-state index is 0.0102. The van der Waals surface area contributed by atoms with Crippen LogP contribution in [0.2, 0.25) is 0 Å². The van der Waals surface area contributed by atoms with E-state index in [0.717, 1.165) is 38.4 Å². The van der Waals surface area contributed by atoms with E-state index in [-0.39, 0.29) is 23.1 Å². The Morgan fingerprint density at radius 2 is 1.81 bits per heavy atom. The van der Waals surface area contributed by atoms with E-state index in [1.807, 2.05) is 12.1 Å². The van der Waals surface area contributed by atoms with Crippen LogP contribution in [0.5, 0.6) is 0 Å². The van der Waals surface area contributed by atoms with Crippen LogP contribution >= 0.6 is 0 Å². The third-order valence-corrected chi connectivity index (χ3v) is 6.39. The summed E-state index contributed by atoms with van der Waals surface area (Å²) in [7, 11) is 0. The SMILES string of the molecule is CC(C)(NC(=O)c1cc2[nH]nc(NC(=O)c3ccc(CN4CCOCC4)cc3)c2o1)c1ccccc1F. The molecule has 1 saturated heterocycles. The summed E-state index contributed by atoms with van der Waals surface area (Å²) < 4.78 is 25.4. The number of benzene rings is 2. The fourth-order valence-electron chi connectivity index (χ4n) is 4.35. The van der Waals surface area contributed by atoms with Gasteiger partial charge in [-0.3, -0.25) is 19.6 Å². The number of nitrogens with one attached hydrogen (secondary N) is 3. The van der Waals surface area contributed by atoms with Crippen molar-refractivity contribution in [1.29, 1.82) is 0 Å². The number of aromatic amines is 1. The van der Waals surface area contributed by atoms with Crippen LogP contribution in [-0.2, 0) is 16.8 Å². The number of halogens is 1. The van der Waals surface area contributed by atoms with E-state index in [0.29, 0.717) is 16.6 Å². The molecule has 2 aromatic carbocycles. The summed E-state index contributed by atoms with van der Waals surface area (Å²) in [6.07, 6.45) is 0. The lowest BCUT2D eigenvalue weighted by atomic mass is 9.93. The average molecular weight is 506 g/mol. The number of ether oxygens (including phenoxy) is 1. The Hall–Kier alpha value is -4.02. The smallest absolute Gasteiger partial charge is 0.287 e. The van der Waals surface area contributed by atoms with E-state index in [1.165, 1.54) is 12.1 Å². The summed E-state index contributed by atoms with van der Waals surface area (Å²) in [4.78, 5) is 28.0. The minimum Gasteiger partial charge on any atom is -0.445 e. The van der Waals surface area contributed by atoms with Crippen LogP contribution in [0.1, 0.15) is 45.9 Å². The highest BCUT2D eigenvalue weighted by Gasteiger charge is 2.28. The van der Waals surface area contributed by atoms with Crippen molar-refractivity contribution in [2.24, 2.45) is 0 Å². The maximum Gasteiger partial charge on any atom is 0.287 e. The number of amides is 2. The highest BCUT2D eigenvalue weighted by atomic mass is 19.1. The summed E-state index contributed by atoms with van der Waals surface area (Å²) in [5, 5.41) is 12.4. The number of carbonyl (C=O) groups excluding carboxylic acids is 2. The fourth-order valence-corrected chi connectivity index (χ4v) is 4.35. The van der Waals surface area contributed by atoms with Crippen LogP contribution in [0, 0.1) is 5.82 Å². The number of carbonyl (C=O) groups is 2. The molecule has 2 amide bonds. The first kappa shape index (κ1) is 24.7. The van der Waals surface area contributed by atoms with Gasteiger partial charge in [-0.1, -0.05) is 30.3 Å². The molecule has 5 rings (SSSR count). The van der Waals surface area contributed by atoms with E-state index >= 15 is 0 Å². The van der Waals surface area contributed by atoms with Crippen LogP contribution in [0.25, 0.3) is 11.1 Å². The van der Waals surface area contributed by atoms with Gasteiger partial charge in [-0.05, 0) is 37.6 Å². The van der Waals surface area contributed by atoms with Crippen molar-refractivity contribution in [2.45, 2.75) is 25.9 Å². The third kappa shape index (κ3) is 5.40. The van der Waals surface area contributed by atoms with Gasteiger partial charge in [-0.25, -0.2) is 4.39 Å². The molecule has 0 spiro atoms. The summed E-state index contributed by atoms with van der Waals surface area (Å²) >= 11 is 0. The Labute approximate surface area is 213 Å². The van der Waals surface area contributed by atoms with Gasteiger partial charge in [0.25, 0.3) is 11.8 Å². The van der Waals surface area contributed by atoms with Gasteiger partial charge < -0.3 is 19.8 Å². The molecule has 3 heterocycles. The lowest BCUT2D eigenvalue weighted by Crippen LogP contribution is -2.41. The van der Waals surface area contributed by atoms with Crippen molar-refractivity contribution in [3.63, 3.8) is 0 Å². The molecule has 1 fully saturated rings. The highest BCUT2D eigenvalue weighted by molar-refractivity contribution is 6.07. The van der Waals surface area contributed by atoms with Gasteiger partial charge in [-0.2, -0.15) is 5.10 Å².